The van der Waals surface area contributed by atoms with E-state index in [2.05, 4.69) is 34.8 Å². The Morgan fingerprint density at radius 1 is 1.47 bits per heavy atom. The van der Waals surface area contributed by atoms with Crippen molar-refractivity contribution in [3.63, 3.8) is 0 Å². The topological polar surface area (TPSA) is 38.3 Å². The van der Waals surface area contributed by atoms with Crippen molar-refractivity contribution in [3.05, 3.63) is 21.9 Å². The highest BCUT2D eigenvalue weighted by Crippen LogP contribution is 2.37. The van der Waals surface area contributed by atoms with Crippen LogP contribution in [0.4, 0.5) is 0 Å². The van der Waals surface area contributed by atoms with Gasteiger partial charge in [0.1, 0.15) is 0 Å². The predicted octanol–water partition coefficient (Wildman–Crippen LogP) is 2.84. The third kappa shape index (κ3) is 4.51. The Hall–Kier alpha value is -0.520. The zero-order valence-corrected chi connectivity index (χ0v) is 13.2. The maximum Gasteiger partial charge on any atom is 0.310 e. The summed E-state index contributed by atoms with van der Waals surface area (Å²) in [5.74, 6) is 1.12. The van der Waals surface area contributed by atoms with Crippen LogP contribution in [0.15, 0.2) is 12.1 Å². The second-order valence-electron chi connectivity index (χ2n) is 5.13. The molecule has 1 aromatic heterocycles. The van der Waals surface area contributed by atoms with Gasteiger partial charge in [0.05, 0.1) is 13.5 Å². The summed E-state index contributed by atoms with van der Waals surface area (Å²) in [6, 6.07) is 4.12. The fraction of sp³-hybridized carbons (Fsp3) is 0.643. The van der Waals surface area contributed by atoms with E-state index in [0.29, 0.717) is 11.2 Å². The number of thioether (sulfide) groups is 1. The van der Waals surface area contributed by atoms with Gasteiger partial charge in [0.2, 0.25) is 0 Å². The molecule has 1 unspecified atom stereocenters. The van der Waals surface area contributed by atoms with Crippen molar-refractivity contribution < 1.29 is 9.53 Å². The number of carbonyl (C=O) groups excluding carboxylic acids is 1. The molecule has 0 saturated carbocycles. The van der Waals surface area contributed by atoms with Crippen LogP contribution in [0, 0.1) is 0 Å². The second kappa shape index (κ2) is 6.77. The number of rotatable bonds is 6. The van der Waals surface area contributed by atoms with Gasteiger partial charge in [-0.3, -0.25) is 4.79 Å². The first-order valence-corrected chi connectivity index (χ1v) is 8.41. The second-order valence-corrected chi connectivity index (χ2v) is 8.06. The van der Waals surface area contributed by atoms with Gasteiger partial charge < -0.3 is 10.1 Å². The third-order valence-electron chi connectivity index (χ3n) is 3.36. The van der Waals surface area contributed by atoms with Crippen LogP contribution in [0.3, 0.4) is 0 Å². The van der Waals surface area contributed by atoms with Crippen LogP contribution in [0.1, 0.15) is 29.5 Å². The van der Waals surface area contributed by atoms with Gasteiger partial charge in [-0.2, -0.15) is 11.8 Å². The molecule has 1 saturated heterocycles. The molecule has 0 bridgehead atoms. The molecule has 1 fully saturated rings. The smallest absolute Gasteiger partial charge is 0.310 e. The van der Waals surface area contributed by atoms with Crippen molar-refractivity contribution in [2.45, 2.75) is 37.5 Å². The number of hydrogen-bond donors (Lipinski definition) is 1. The number of methoxy groups -OCH3 is 1. The summed E-state index contributed by atoms with van der Waals surface area (Å²) in [6.45, 7) is 4.29. The van der Waals surface area contributed by atoms with Gasteiger partial charge >= 0.3 is 5.97 Å². The lowest BCUT2D eigenvalue weighted by Gasteiger charge is -2.22. The maximum atomic E-state index is 11.2. The van der Waals surface area contributed by atoms with E-state index in [4.69, 9.17) is 0 Å². The number of hydrogen-bond acceptors (Lipinski definition) is 5. The van der Waals surface area contributed by atoms with E-state index in [1.807, 2.05) is 6.07 Å². The van der Waals surface area contributed by atoms with Crippen LogP contribution >= 0.6 is 23.1 Å². The van der Waals surface area contributed by atoms with E-state index in [-0.39, 0.29) is 5.97 Å². The molecule has 1 atom stereocenters. The number of thiophene rings is 1. The summed E-state index contributed by atoms with van der Waals surface area (Å²) in [5, 5.41) is 3.54. The van der Waals surface area contributed by atoms with Gasteiger partial charge in [-0.25, -0.2) is 0 Å². The zero-order valence-electron chi connectivity index (χ0n) is 11.5. The Labute approximate surface area is 123 Å². The van der Waals surface area contributed by atoms with Gasteiger partial charge in [-0.05, 0) is 37.7 Å². The van der Waals surface area contributed by atoms with E-state index < -0.39 is 0 Å². The molecule has 5 heteroatoms. The average Bonchev–Trinajstić information content (AvgIpc) is 2.99. The van der Waals surface area contributed by atoms with Crippen LogP contribution < -0.4 is 5.32 Å². The highest BCUT2D eigenvalue weighted by atomic mass is 32.2. The standard InChI is InChI=1S/C14H21NO2S2/c1-14(6-3-7-18-14)10-15-9-12-5-4-11(19-12)8-13(16)17-2/h4-5,15H,3,6-10H2,1-2H3. The third-order valence-corrected chi connectivity index (χ3v) is 5.99. The summed E-state index contributed by atoms with van der Waals surface area (Å²) in [4.78, 5) is 13.5. The van der Waals surface area contributed by atoms with E-state index in [0.717, 1.165) is 18.0 Å². The van der Waals surface area contributed by atoms with Crippen molar-refractivity contribution in [1.82, 2.24) is 5.32 Å². The number of ether oxygens (including phenoxy) is 1. The quantitative estimate of drug-likeness (QED) is 0.820. The first-order valence-electron chi connectivity index (χ1n) is 6.60. The van der Waals surface area contributed by atoms with Crippen molar-refractivity contribution in [2.75, 3.05) is 19.4 Å². The molecule has 19 heavy (non-hydrogen) atoms. The molecule has 2 heterocycles. The minimum atomic E-state index is -0.170. The molecule has 0 spiro atoms. The first kappa shape index (κ1) is 14.9. The van der Waals surface area contributed by atoms with Crippen LogP contribution in [-0.2, 0) is 22.5 Å². The molecule has 0 radical (unpaired) electrons. The van der Waals surface area contributed by atoms with Crippen LogP contribution in [0.2, 0.25) is 0 Å². The maximum absolute atomic E-state index is 11.2. The average molecular weight is 299 g/mol. The lowest BCUT2D eigenvalue weighted by atomic mass is 10.1. The van der Waals surface area contributed by atoms with Crippen molar-refractivity contribution >= 4 is 29.1 Å². The van der Waals surface area contributed by atoms with Gasteiger partial charge in [0, 0.05) is 27.6 Å². The Bertz CT molecular complexity index is 425. The molecule has 0 aliphatic carbocycles. The highest BCUT2D eigenvalue weighted by Gasteiger charge is 2.28. The predicted molar refractivity (Wildman–Crippen MR) is 81.8 cm³/mol. The monoisotopic (exact) mass is 299 g/mol. The molecular formula is C14H21NO2S2. The summed E-state index contributed by atoms with van der Waals surface area (Å²) < 4.78 is 5.08. The minimum Gasteiger partial charge on any atom is -0.469 e. The lowest BCUT2D eigenvalue weighted by molar-refractivity contribution is -0.139. The van der Waals surface area contributed by atoms with Crippen LogP contribution in [-0.4, -0.2) is 30.1 Å². The van der Waals surface area contributed by atoms with E-state index >= 15 is 0 Å². The molecule has 1 aliphatic rings. The molecule has 1 N–H and O–H groups in total. The molecule has 106 valence electrons. The van der Waals surface area contributed by atoms with Gasteiger partial charge in [-0.15, -0.1) is 11.3 Å². The molecule has 0 amide bonds. The molecule has 0 aromatic carbocycles. The number of esters is 1. The molecule has 1 aliphatic heterocycles. The Morgan fingerprint density at radius 2 is 2.26 bits per heavy atom. The van der Waals surface area contributed by atoms with Crippen molar-refractivity contribution in [1.29, 1.82) is 0 Å². The highest BCUT2D eigenvalue weighted by molar-refractivity contribution is 8.00. The lowest BCUT2D eigenvalue weighted by Crippen LogP contribution is -2.32. The normalized spacial score (nSPS) is 22.6. The van der Waals surface area contributed by atoms with Crippen molar-refractivity contribution in [3.8, 4) is 0 Å². The molecular weight excluding hydrogens is 278 g/mol. The Balaban J connectivity index is 1.75. The summed E-state index contributed by atoms with van der Waals surface area (Å²) >= 11 is 3.76. The molecule has 2 rings (SSSR count). The molecule has 3 nitrogen and oxygen atoms in total. The first-order chi connectivity index (χ1) is 9.11. The number of nitrogens with one attached hydrogen (secondary N) is 1. The zero-order chi connectivity index (χ0) is 13.7. The summed E-state index contributed by atoms with van der Waals surface area (Å²) in [6.07, 6.45) is 3.03. The fourth-order valence-corrected chi connectivity index (χ4v) is 4.50. The SMILES string of the molecule is COC(=O)Cc1ccc(CNCC2(C)CCCS2)s1. The van der Waals surface area contributed by atoms with E-state index in [1.54, 1.807) is 11.3 Å². The van der Waals surface area contributed by atoms with E-state index in [9.17, 15) is 4.79 Å². The van der Waals surface area contributed by atoms with Gasteiger partial charge in [-0.1, -0.05) is 0 Å². The van der Waals surface area contributed by atoms with Crippen molar-refractivity contribution in [2.24, 2.45) is 0 Å². The minimum absolute atomic E-state index is 0.170. The summed E-state index contributed by atoms with van der Waals surface area (Å²) in [5.41, 5.74) is 0. The van der Waals surface area contributed by atoms with Crippen LogP contribution in [0.5, 0.6) is 0 Å². The van der Waals surface area contributed by atoms with Gasteiger partial charge in [0.25, 0.3) is 0 Å². The summed E-state index contributed by atoms with van der Waals surface area (Å²) in [7, 11) is 1.43. The van der Waals surface area contributed by atoms with Gasteiger partial charge in [0.15, 0.2) is 0 Å². The fourth-order valence-electron chi connectivity index (χ4n) is 2.25. The largest absolute Gasteiger partial charge is 0.469 e. The Morgan fingerprint density at radius 3 is 2.95 bits per heavy atom. The Kier molecular flexibility index (Phi) is 5.30. The van der Waals surface area contributed by atoms with E-state index in [1.165, 1.54) is 30.6 Å². The van der Waals surface area contributed by atoms with Crippen LogP contribution in [0.25, 0.3) is 0 Å². The molecule has 1 aromatic rings. The number of carbonyl (C=O) groups is 1.